The molecule has 0 radical (unpaired) electrons. The number of ether oxygens (including phenoxy) is 1. The number of rotatable bonds is 1. The van der Waals surface area contributed by atoms with E-state index in [1.807, 2.05) is 6.92 Å². The maximum atomic E-state index is 11.3. The van der Waals surface area contributed by atoms with Crippen LogP contribution in [-0.4, -0.2) is 30.2 Å². The third kappa shape index (κ3) is 1.14. The van der Waals surface area contributed by atoms with E-state index in [-0.39, 0.29) is 29.3 Å². The van der Waals surface area contributed by atoms with Crippen molar-refractivity contribution in [3.8, 4) is 0 Å². The van der Waals surface area contributed by atoms with E-state index in [0.717, 1.165) is 0 Å². The maximum absolute atomic E-state index is 11.3. The highest BCUT2D eigenvalue weighted by atomic mass is 16.5. The van der Waals surface area contributed by atoms with Crippen LogP contribution >= 0.6 is 0 Å². The number of ketones is 1. The van der Waals surface area contributed by atoms with Crippen molar-refractivity contribution in [2.45, 2.75) is 38.4 Å². The first-order valence-electron chi connectivity index (χ1n) is 4.80. The van der Waals surface area contributed by atoms with Crippen molar-refractivity contribution >= 4 is 5.78 Å². The predicted octanol–water partition coefficient (Wildman–Crippen LogP) is 0.751. The van der Waals surface area contributed by atoms with Crippen molar-refractivity contribution in [1.82, 2.24) is 0 Å². The van der Waals surface area contributed by atoms with Gasteiger partial charge in [-0.15, -0.1) is 0 Å². The lowest BCUT2D eigenvalue weighted by molar-refractivity contribution is -0.119. The van der Waals surface area contributed by atoms with Gasteiger partial charge in [-0.3, -0.25) is 4.79 Å². The lowest BCUT2D eigenvalue weighted by Gasteiger charge is -2.27. The van der Waals surface area contributed by atoms with E-state index in [9.17, 15) is 9.90 Å². The van der Waals surface area contributed by atoms with Gasteiger partial charge in [0.2, 0.25) is 0 Å². The Morgan fingerprint density at radius 1 is 1.62 bits per heavy atom. The summed E-state index contributed by atoms with van der Waals surface area (Å²) in [7, 11) is 1.66. The first kappa shape index (κ1) is 9.16. The van der Waals surface area contributed by atoms with Crippen LogP contribution in [0.15, 0.2) is 0 Å². The van der Waals surface area contributed by atoms with Crippen LogP contribution in [0, 0.1) is 11.3 Å². The summed E-state index contributed by atoms with van der Waals surface area (Å²) in [5.74, 6) is 0.508. The normalized spacial score (nSPS) is 49.8. The predicted molar refractivity (Wildman–Crippen MR) is 47.3 cm³/mol. The van der Waals surface area contributed by atoms with Gasteiger partial charge in [-0.25, -0.2) is 0 Å². The topological polar surface area (TPSA) is 46.5 Å². The molecule has 2 saturated carbocycles. The standard InChI is InChI=1S/C10H16O3/c1-10-5-6(11)3-7(10)8(13-2)4-9(10)12/h7-9,12H,3-5H2,1-2H3. The number of Topliss-reactive ketones (excluding diaryl/α,β-unsaturated/α-hetero) is 1. The second-order valence-corrected chi connectivity index (χ2v) is 4.56. The Kier molecular flexibility index (Phi) is 1.96. The van der Waals surface area contributed by atoms with Crippen LogP contribution in [-0.2, 0) is 9.53 Å². The van der Waals surface area contributed by atoms with E-state index >= 15 is 0 Å². The third-order valence-corrected chi connectivity index (χ3v) is 3.84. The van der Waals surface area contributed by atoms with Gasteiger partial charge >= 0.3 is 0 Å². The zero-order valence-electron chi connectivity index (χ0n) is 8.12. The van der Waals surface area contributed by atoms with Crippen molar-refractivity contribution in [3.05, 3.63) is 0 Å². The van der Waals surface area contributed by atoms with Crippen molar-refractivity contribution in [3.63, 3.8) is 0 Å². The van der Waals surface area contributed by atoms with E-state index in [1.54, 1.807) is 7.11 Å². The van der Waals surface area contributed by atoms with Gasteiger partial charge in [0.1, 0.15) is 5.78 Å². The molecule has 0 aromatic rings. The molecule has 0 saturated heterocycles. The summed E-state index contributed by atoms with van der Waals surface area (Å²) >= 11 is 0. The molecule has 0 spiro atoms. The highest BCUT2D eigenvalue weighted by Crippen LogP contribution is 2.53. The molecule has 0 amide bonds. The monoisotopic (exact) mass is 184 g/mol. The van der Waals surface area contributed by atoms with Gasteiger partial charge in [0, 0.05) is 37.7 Å². The molecule has 4 atom stereocenters. The first-order valence-corrected chi connectivity index (χ1v) is 4.80. The molecular formula is C10H16O3. The number of aliphatic hydroxyl groups excluding tert-OH is 1. The van der Waals surface area contributed by atoms with Gasteiger partial charge in [-0.2, -0.15) is 0 Å². The molecule has 2 fully saturated rings. The minimum absolute atomic E-state index is 0.0754. The van der Waals surface area contributed by atoms with E-state index < -0.39 is 0 Å². The number of hydrogen-bond donors (Lipinski definition) is 1. The minimum atomic E-state index is -0.367. The van der Waals surface area contributed by atoms with Crippen molar-refractivity contribution in [2.75, 3.05) is 7.11 Å². The van der Waals surface area contributed by atoms with E-state index in [4.69, 9.17) is 4.74 Å². The fraction of sp³-hybridized carbons (Fsp3) is 0.900. The lowest BCUT2D eigenvalue weighted by atomic mass is 9.80. The summed E-state index contributed by atoms with van der Waals surface area (Å²) in [5.41, 5.74) is -0.211. The zero-order valence-corrected chi connectivity index (χ0v) is 8.12. The second-order valence-electron chi connectivity index (χ2n) is 4.56. The number of aliphatic hydroxyl groups is 1. The Balaban J connectivity index is 2.26. The summed E-state index contributed by atoms with van der Waals surface area (Å²) in [6.07, 6.45) is 1.51. The number of fused-ring (bicyclic) bond motifs is 1. The number of methoxy groups -OCH3 is 1. The highest BCUT2D eigenvalue weighted by Gasteiger charge is 2.56. The molecule has 0 bridgehead atoms. The number of carbonyl (C=O) groups is 1. The zero-order chi connectivity index (χ0) is 9.64. The molecule has 2 aliphatic carbocycles. The fourth-order valence-electron chi connectivity index (χ4n) is 2.94. The SMILES string of the molecule is COC1CC(O)C2(C)CC(=O)CC12. The molecule has 0 aliphatic heterocycles. The van der Waals surface area contributed by atoms with Crippen molar-refractivity contribution in [1.29, 1.82) is 0 Å². The van der Waals surface area contributed by atoms with Crippen molar-refractivity contribution < 1.29 is 14.6 Å². The van der Waals surface area contributed by atoms with Crippen LogP contribution < -0.4 is 0 Å². The van der Waals surface area contributed by atoms with E-state index in [1.165, 1.54) is 0 Å². The fourth-order valence-corrected chi connectivity index (χ4v) is 2.94. The van der Waals surface area contributed by atoms with Crippen molar-refractivity contribution in [2.24, 2.45) is 11.3 Å². The van der Waals surface area contributed by atoms with E-state index in [2.05, 4.69) is 0 Å². The molecule has 0 heterocycles. The first-order chi connectivity index (χ1) is 6.08. The Labute approximate surface area is 78.1 Å². The third-order valence-electron chi connectivity index (χ3n) is 3.84. The molecule has 3 nitrogen and oxygen atoms in total. The maximum Gasteiger partial charge on any atom is 0.133 e. The molecule has 3 heteroatoms. The van der Waals surface area contributed by atoms with Gasteiger partial charge in [0.15, 0.2) is 0 Å². The Hall–Kier alpha value is -0.410. The van der Waals surface area contributed by atoms with E-state index in [0.29, 0.717) is 19.3 Å². The highest BCUT2D eigenvalue weighted by molar-refractivity contribution is 5.82. The lowest BCUT2D eigenvalue weighted by Crippen LogP contribution is -2.29. The average molecular weight is 184 g/mol. The van der Waals surface area contributed by atoms with Crippen LogP contribution in [0.25, 0.3) is 0 Å². The molecule has 74 valence electrons. The van der Waals surface area contributed by atoms with Crippen LogP contribution in [0.4, 0.5) is 0 Å². The van der Waals surface area contributed by atoms with Gasteiger partial charge in [-0.05, 0) is 0 Å². The summed E-state index contributed by atoms with van der Waals surface area (Å²) < 4.78 is 5.30. The van der Waals surface area contributed by atoms with Gasteiger partial charge in [-0.1, -0.05) is 6.92 Å². The molecule has 0 aromatic heterocycles. The molecule has 0 aromatic carbocycles. The Bertz CT molecular complexity index is 238. The van der Waals surface area contributed by atoms with Crippen LogP contribution in [0.1, 0.15) is 26.2 Å². The Morgan fingerprint density at radius 2 is 2.31 bits per heavy atom. The average Bonchev–Trinajstić information content (AvgIpc) is 2.47. The van der Waals surface area contributed by atoms with Crippen LogP contribution in [0.5, 0.6) is 0 Å². The summed E-state index contributed by atoms with van der Waals surface area (Å²) in [5, 5.41) is 9.85. The number of carbonyl (C=O) groups excluding carboxylic acids is 1. The minimum Gasteiger partial charge on any atom is -0.392 e. The van der Waals surface area contributed by atoms with Gasteiger partial charge in [0.25, 0.3) is 0 Å². The number of hydrogen-bond acceptors (Lipinski definition) is 3. The Morgan fingerprint density at radius 3 is 2.92 bits per heavy atom. The van der Waals surface area contributed by atoms with Gasteiger partial charge in [0.05, 0.1) is 12.2 Å². The molecular weight excluding hydrogens is 168 g/mol. The quantitative estimate of drug-likeness (QED) is 0.654. The summed E-state index contributed by atoms with van der Waals surface area (Å²) in [4.78, 5) is 11.3. The summed E-state index contributed by atoms with van der Waals surface area (Å²) in [6, 6.07) is 0. The molecule has 2 aliphatic rings. The van der Waals surface area contributed by atoms with Crippen LogP contribution in [0.3, 0.4) is 0 Å². The molecule has 1 N–H and O–H groups in total. The summed E-state index contributed by atoms with van der Waals surface area (Å²) in [6.45, 7) is 2.01. The van der Waals surface area contributed by atoms with Crippen LogP contribution in [0.2, 0.25) is 0 Å². The smallest absolute Gasteiger partial charge is 0.133 e. The second kappa shape index (κ2) is 2.79. The molecule has 2 rings (SSSR count). The molecule has 4 unspecified atom stereocenters. The largest absolute Gasteiger partial charge is 0.392 e. The molecule has 13 heavy (non-hydrogen) atoms. The van der Waals surface area contributed by atoms with Gasteiger partial charge < -0.3 is 9.84 Å².